The number of amides is 1. The van der Waals surface area contributed by atoms with Gasteiger partial charge in [-0.1, -0.05) is 0 Å². The van der Waals surface area contributed by atoms with Gasteiger partial charge in [0.2, 0.25) is 0 Å². The zero-order valence-corrected chi connectivity index (χ0v) is 8.85. The number of aromatic amines is 1. The second-order valence-corrected chi connectivity index (χ2v) is 2.92. The molecule has 2 rings (SSSR count). The molecule has 18 heavy (non-hydrogen) atoms. The first-order valence-electron chi connectivity index (χ1n) is 4.53. The Hall–Kier alpha value is -2.45. The number of aromatic nitrogens is 4. The van der Waals surface area contributed by atoms with Crippen LogP contribution in [-0.2, 0) is 6.18 Å². The molecule has 2 aromatic heterocycles. The smallest absolute Gasteiger partial charge is 0.365 e. The van der Waals surface area contributed by atoms with Crippen LogP contribution in [0, 0.1) is 0 Å². The van der Waals surface area contributed by atoms with E-state index in [4.69, 9.17) is 0 Å². The average molecular weight is 259 g/mol. The summed E-state index contributed by atoms with van der Waals surface area (Å²) >= 11 is 0. The summed E-state index contributed by atoms with van der Waals surface area (Å²) in [6, 6.07) is 1.78. The lowest BCUT2D eigenvalue weighted by atomic mass is 10.2. The summed E-state index contributed by atoms with van der Waals surface area (Å²) in [5.74, 6) is -1.16. The lowest BCUT2D eigenvalue weighted by Crippen LogP contribution is -2.17. The number of alkyl halides is 3. The molecule has 2 aromatic rings. The summed E-state index contributed by atoms with van der Waals surface area (Å²) in [4.78, 5) is 17.7. The van der Waals surface area contributed by atoms with Crippen LogP contribution in [0.15, 0.2) is 31.0 Å². The molecule has 0 unspecified atom stereocenters. The van der Waals surface area contributed by atoms with E-state index in [1.165, 1.54) is 6.33 Å². The molecule has 0 aromatic carbocycles. The maximum absolute atomic E-state index is 12.0. The lowest BCUT2D eigenvalue weighted by Gasteiger charge is -2.03. The summed E-state index contributed by atoms with van der Waals surface area (Å²) in [5.41, 5.74) is 2.79. The third-order valence-electron chi connectivity index (χ3n) is 1.67. The Morgan fingerprint density at radius 1 is 1.28 bits per heavy atom. The maximum Gasteiger partial charge on any atom is 0.433 e. The second kappa shape index (κ2) is 5.75. The Morgan fingerprint density at radius 3 is 2.17 bits per heavy atom. The molecule has 0 aliphatic heterocycles. The number of nitrogens with two attached hydrogens (primary N) is 1. The fourth-order valence-corrected chi connectivity index (χ4v) is 0.942. The van der Waals surface area contributed by atoms with Crippen molar-refractivity contribution in [2.45, 2.75) is 6.18 Å². The monoisotopic (exact) mass is 259 g/mol. The van der Waals surface area contributed by atoms with Gasteiger partial charge in [0.15, 0.2) is 5.69 Å². The highest BCUT2D eigenvalue weighted by atomic mass is 19.4. The number of halogens is 3. The predicted molar refractivity (Wildman–Crippen MR) is 54.1 cm³/mol. The van der Waals surface area contributed by atoms with E-state index in [0.717, 1.165) is 6.20 Å². The topological polar surface area (TPSA) is 97.6 Å². The second-order valence-electron chi connectivity index (χ2n) is 2.92. The molecule has 0 radical (unpaired) electrons. The molecule has 96 valence electrons. The number of hydrogen-bond donors (Lipinski definition) is 2. The van der Waals surface area contributed by atoms with Gasteiger partial charge in [-0.2, -0.15) is 18.3 Å². The van der Waals surface area contributed by atoms with Crippen LogP contribution in [0.4, 0.5) is 13.2 Å². The molecule has 0 aliphatic rings. The molecular formula is C9H8F3N5O. The molecule has 0 aliphatic carbocycles. The Balaban J connectivity index is 0.000000225. The van der Waals surface area contributed by atoms with Crippen LogP contribution in [-0.4, -0.2) is 26.1 Å². The summed E-state index contributed by atoms with van der Waals surface area (Å²) in [6.07, 6.45) is 0.992. The zero-order valence-electron chi connectivity index (χ0n) is 8.85. The van der Waals surface area contributed by atoms with E-state index in [0.29, 0.717) is 0 Å². The van der Waals surface area contributed by atoms with Gasteiger partial charge >= 0.3 is 6.18 Å². The summed E-state index contributed by atoms with van der Waals surface area (Å²) in [7, 11) is 0. The molecule has 0 saturated carbocycles. The van der Waals surface area contributed by atoms with Gasteiger partial charge in [0, 0.05) is 12.4 Å². The van der Waals surface area contributed by atoms with Gasteiger partial charge < -0.3 is 5.73 Å². The van der Waals surface area contributed by atoms with E-state index in [2.05, 4.69) is 20.8 Å². The SMILES string of the molecule is NC(=O)c1cn[nH]c1C(F)(F)F.c1cncnc1. The standard InChI is InChI=1S/C5H4F3N3O.C4H4N2/c6-5(7,8)3-2(4(9)12)1-10-11-3;1-2-5-4-6-3-1/h1H,(H2,9,12)(H,10,11);1-4H. The number of carbonyl (C=O) groups excluding carboxylic acids is 1. The van der Waals surface area contributed by atoms with Crippen LogP contribution >= 0.6 is 0 Å². The molecule has 2 heterocycles. The summed E-state index contributed by atoms with van der Waals surface area (Å²) < 4.78 is 35.9. The van der Waals surface area contributed by atoms with Crippen LogP contribution in [0.25, 0.3) is 0 Å². The Kier molecular flexibility index (Phi) is 4.35. The summed E-state index contributed by atoms with van der Waals surface area (Å²) in [6.45, 7) is 0. The molecule has 3 N–H and O–H groups in total. The molecule has 0 bridgehead atoms. The maximum atomic E-state index is 12.0. The zero-order chi connectivity index (χ0) is 13.6. The molecule has 6 nitrogen and oxygen atoms in total. The van der Waals surface area contributed by atoms with Crippen molar-refractivity contribution in [3.63, 3.8) is 0 Å². The quantitative estimate of drug-likeness (QED) is 0.798. The van der Waals surface area contributed by atoms with Gasteiger partial charge in [-0.05, 0) is 6.07 Å². The minimum absolute atomic E-state index is 0.650. The van der Waals surface area contributed by atoms with E-state index in [1.54, 1.807) is 23.6 Å². The number of nitrogens with zero attached hydrogens (tertiary/aromatic N) is 3. The van der Waals surface area contributed by atoms with E-state index in [1.807, 2.05) is 0 Å². The van der Waals surface area contributed by atoms with Crippen LogP contribution in [0.5, 0.6) is 0 Å². The van der Waals surface area contributed by atoms with E-state index in [9.17, 15) is 18.0 Å². The van der Waals surface area contributed by atoms with Gasteiger partial charge in [0.25, 0.3) is 5.91 Å². The number of H-pyrrole nitrogens is 1. The summed E-state index contributed by atoms with van der Waals surface area (Å²) in [5, 5.41) is 4.72. The van der Waals surface area contributed by atoms with Crippen molar-refractivity contribution >= 4 is 5.91 Å². The third-order valence-corrected chi connectivity index (χ3v) is 1.67. The van der Waals surface area contributed by atoms with Crippen molar-refractivity contribution in [1.82, 2.24) is 20.2 Å². The van der Waals surface area contributed by atoms with Crippen molar-refractivity contribution in [3.05, 3.63) is 42.2 Å². The number of primary amides is 1. The fraction of sp³-hybridized carbons (Fsp3) is 0.111. The van der Waals surface area contributed by atoms with Crippen LogP contribution in [0.2, 0.25) is 0 Å². The molecule has 0 spiro atoms. The van der Waals surface area contributed by atoms with E-state index in [-0.39, 0.29) is 0 Å². The first kappa shape index (κ1) is 13.6. The number of hydrogen-bond acceptors (Lipinski definition) is 4. The van der Waals surface area contributed by atoms with Crippen molar-refractivity contribution in [2.75, 3.05) is 0 Å². The molecule has 0 saturated heterocycles. The Morgan fingerprint density at radius 2 is 1.89 bits per heavy atom. The van der Waals surface area contributed by atoms with Gasteiger partial charge in [0.1, 0.15) is 6.33 Å². The van der Waals surface area contributed by atoms with E-state index < -0.39 is 23.3 Å². The van der Waals surface area contributed by atoms with Crippen LogP contribution in [0.1, 0.15) is 16.1 Å². The van der Waals surface area contributed by atoms with Gasteiger partial charge in [-0.25, -0.2) is 9.97 Å². The van der Waals surface area contributed by atoms with Crippen molar-refractivity contribution in [1.29, 1.82) is 0 Å². The van der Waals surface area contributed by atoms with Crippen LogP contribution in [0.3, 0.4) is 0 Å². The number of rotatable bonds is 1. The normalized spacial score (nSPS) is 10.4. The molecule has 0 atom stereocenters. The average Bonchev–Trinajstić information content (AvgIpc) is 2.81. The van der Waals surface area contributed by atoms with Crippen LogP contribution < -0.4 is 5.73 Å². The van der Waals surface area contributed by atoms with Crippen molar-refractivity contribution in [2.24, 2.45) is 5.73 Å². The third kappa shape index (κ3) is 3.85. The molecular weight excluding hydrogens is 251 g/mol. The van der Waals surface area contributed by atoms with Gasteiger partial charge in [0.05, 0.1) is 11.8 Å². The fourth-order valence-electron chi connectivity index (χ4n) is 0.942. The highest BCUT2D eigenvalue weighted by molar-refractivity contribution is 5.93. The molecule has 1 amide bonds. The number of carbonyl (C=O) groups is 1. The largest absolute Gasteiger partial charge is 0.433 e. The predicted octanol–water partition coefficient (Wildman–Crippen LogP) is 1.00. The molecule has 0 fully saturated rings. The first-order chi connectivity index (χ1) is 8.43. The van der Waals surface area contributed by atoms with E-state index >= 15 is 0 Å². The van der Waals surface area contributed by atoms with Crippen molar-refractivity contribution in [3.8, 4) is 0 Å². The highest BCUT2D eigenvalue weighted by Gasteiger charge is 2.36. The minimum atomic E-state index is -4.62. The lowest BCUT2D eigenvalue weighted by molar-refractivity contribution is -0.141. The van der Waals surface area contributed by atoms with Crippen molar-refractivity contribution < 1.29 is 18.0 Å². The molecule has 9 heteroatoms. The number of nitrogens with one attached hydrogen (secondary N) is 1. The first-order valence-corrected chi connectivity index (χ1v) is 4.53. The van der Waals surface area contributed by atoms with Gasteiger partial charge in [-0.15, -0.1) is 0 Å². The Bertz CT molecular complexity index is 470. The highest BCUT2D eigenvalue weighted by Crippen LogP contribution is 2.29. The Labute approximate surface area is 99.1 Å². The minimum Gasteiger partial charge on any atom is -0.365 e. The van der Waals surface area contributed by atoms with Gasteiger partial charge in [-0.3, -0.25) is 9.89 Å².